The third-order valence-electron chi connectivity index (χ3n) is 2.60. The number of nitrogens with two attached hydrogens (primary N) is 1. The lowest BCUT2D eigenvalue weighted by atomic mass is 9.89. The van der Waals surface area contributed by atoms with Crippen LogP contribution in [0.2, 0.25) is 5.02 Å². The van der Waals surface area contributed by atoms with E-state index < -0.39 is 5.54 Å². The highest BCUT2D eigenvalue weighted by molar-refractivity contribution is 6.31. The highest BCUT2D eigenvalue weighted by atomic mass is 35.5. The molecule has 74 valence electrons. The summed E-state index contributed by atoms with van der Waals surface area (Å²) in [6.45, 7) is 0. The maximum absolute atomic E-state index is 12.8. The summed E-state index contributed by atoms with van der Waals surface area (Å²) in [7, 11) is 0. The standard InChI is InChI=1S/C11H11ClFN/c12-10-7-8(13)3-4-9(10)11(14)5-1-2-6-11/h1-4,7H,5-6,14H2. The van der Waals surface area contributed by atoms with E-state index in [0.717, 1.165) is 18.4 Å². The van der Waals surface area contributed by atoms with E-state index >= 15 is 0 Å². The molecule has 2 rings (SSSR count). The molecule has 0 aliphatic heterocycles. The molecule has 0 radical (unpaired) electrons. The minimum absolute atomic E-state index is 0.326. The zero-order valence-electron chi connectivity index (χ0n) is 7.63. The highest BCUT2D eigenvalue weighted by Crippen LogP contribution is 2.35. The normalized spacial score (nSPS) is 18.8. The summed E-state index contributed by atoms with van der Waals surface area (Å²) < 4.78 is 12.8. The van der Waals surface area contributed by atoms with Crippen molar-refractivity contribution in [2.45, 2.75) is 18.4 Å². The van der Waals surface area contributed by atoms with Crippen LogP contribution >= 0.6 is 11.6 Å². The average Bonchev–Trinajstić information content (AvgIpc) is 2.52. The Bertz CT molecular complexity index is 379. The molecule has 0 saturated heterocycles. The second-order valence-corrected chi connectivity index (χ2v) is 4.07. The molecule has 0 fully saturated rings. The molecule has 0 unspecified atom stereocenters. The molecular formula is C11H11ClFN. The van der Waals surface area contributed by atoms with Crippen LogP contribution < -0.4 is 5.73 Å². The first-order valence-electron chi connectivity index (χ1n) is 4.51. The Morgan fingerprint density at radius 1 is 1.29 bits per heavy atom. The van der Waals surface area contributed by atoms with Crippen molar-refractivity contribution in [3.05, 3.63) is 46.8 Å². The maximum atomic E-state index is 12.8. The van der Waals surface area contributed by atoms with E-state index in [0.29, 0.717) is 5.02 Å². The Morgan fingerprint density at radius 3 is 2.50 bits per heavy atom. The minimum atomic E-state index is -0.440. The van der Waals surface area contributed by atoms with Crippen molar-refractivity contribution in [3.8, 4) is 0 Å². The van der Waals surface area contributed by atoms with Crippen molar-refractivity contribution in [2.24, 2.45) is 5.73 Å². The van der Waals surface area contributed by atoms with Gasteiger partial charge in [-0.25, -0.2) is 4.39 Å². The van der Waals surface area contributed by atoms with E-state index in [4.69, 9.17) is 17.3 Å². The largest absolute Gasteiger partial charge is 0.321 e. The van der Waals surface area contributed by atoms with Crippen LogP contribution in [0, 0.1) is 5.82 Å². The summed E-state index contributed by atoms with van der Waals surface area (Å²) >= 11 is 5.95. The predicted octanol–water partition coefficient (Wildman–Crippen LogP) is 2.98. The fraction of sp³-hybridized carbons (Fsp3) is 0.273. The van der Waals surface area contributed by atoms with Crippen molar-refractivity contribution in [1.82, 2.24) is 0 Å². The van der Waals surface area contributed by atoms with Gasteiger partial charge in [0, 0.05) is 10.6 Å². The van der Waals surface area contributed by atoms with Crippen LogP contribution in [0.1, 0.15) is 18.4 Å². The van der Waals surface area contributed by atoms with Gasteiger partial charge in [-0.15, -0.1) is 0 Å². The molecule has 0 atom stereocenters. The number of halogens is 2. The van der Waals surface area contributed by atoms with Gasteiger partial charge in [-0.2, -0.15) is 0 Å². The van der Waals surface area contributed by atoms with Gasteiger partial charge in [-0.05, 0) is 30.5 Å². The van der Waals surface area contributed by atoms with Gasteiger partial charge in [-0.1, -0.05) is 29.8 Å². The molecule has 0 heterocycles. The lowest BCUT2D eigenvalue weighted by Crippen LogP contribution is -2.33. The van der Waals surface area contributed by atoms with Crippen molar-refractivity contribution in [1.29, 1.82) is 0 Å². The Morgan fingerprint density at radius 2 is 1.93 bits per heavy atom. The van der Waals surface area contributed by atoms with Gasteiger partial charge < -0.3 is 5.73 Å². The average molecular weight is 212 g/mol. The molecule has 3 heteroatoms. The smallest absolute Gasteiger partial charge is 0.124 e. The third-order valence-corrected chi connectivity index (χ3v) is 2.91. The molecule has 1 aliphatic carbocycles. The molecule has 1 nitrogen and oxygen atoms in total. The summed E-state index contributed by atoms with van der Waals surface area (Å²) in [5, 5.41) is 0.413. The van der Waals surface area contributed by atoms with Crippen LogP contribution in [0.5, 0.6) is 0 Å². The van der Waals surface area contributed by atoms with Gasteiger partial charge in [0.1, 0.15) is 5.82 Å². The first-order chi connectivity index (χ1) is 6.62. The molecule has 0 aromatic heterocycles. The topological polar surface area (TPSA) is 26.0 Å². The van der Waals surface area contributed by atoms with E-state index in [1.54, 1.807) is 6.07 Å². The fourth-order valence-electron chi connectivity index (χ4n) is 1.78. The van der Waals surface area contributed by atoms with Crippen LogP contribution in [-0.4, -0.2) is 0 Å². The molecule has 0 saturated carbocycles. The molecule has 0 spiro atoms. The van der Waals surface area contributed by atoms with E-state index in [2.05, 4.69) is 0 Å². The second kappa shape index (κ2) is 3.37. The first kappa shape index (κ1) is 9.69. The molecule has 1 aliphatic rings. The van der Waals surface area contributed by atoms with Crippen LogP contribution in [0.25, 0.3) is 0 Å². The highest BCUT2D eigenvalue weighted by Gasteiger charge is 2.30. The Hall–Kier alpha value is -0.860. The number of hydrogen-bond donors (Lipinski definition) is 1. The summed E-state index contributed by atoms with van der Waals surface area (Å²) in [4.78, 5) is 0. The van der Waals surface area contributed by atoms with Gasteiger partial charge in [0.25, 0.3) is 0 Å². The monoisotopic (exact) mass is 211 g/mol. The quantitative estimate of drug-likeness (QED) is 0.711. The zero-order valence-corrected chi connectivity index (χ0v) is 8.39. The predicted molar refractivity (Wildman–Crippen MR) is 55.6 cm³/mol. The summed E-state index contributed by atoms with van der Waals surface area (Å²) in [6.07, 6.45) is 5.58. The van der Waals surface area contributed by atoms with Crippen LogP contribution in [0.4, 0.5) is 4.39 Å². The van der Waals surface area contributed by atoms with Crippen molar-refractivity contribution >= 4 is 11.6 Å². The maximum Gasteiger partial charge on any atom is 0.124 e. The number of rotatable bonds is 1. The second-order valence-electron chi connectivity index (χ2n) is 3.66. The molecule has 0 bridgehead atoms. The molecule has 2 N–H and O–H groups in total. The van der Waals surface area contributed by atoms with E-state index in [9.17, 15) is 4.39 Å². The van der Waals surface area contributed by atoms with Crippen molar-refractivity contribution in [3.63, 3.8) is 0 Å². The summed E-state index contributed by atoms with van der Waals surface area (Å²) in [5.74, 6) is -0.326. The fourth-order valence-corrected chi connectivity index (χ4v) is 2.14. The number of hydrogen-bond acceptors (Lipinski definition) is 1. The third kappa shape index (κ3) is 1.56. The molecule has 14 heavy (non-hydrogen) atoms. The zero-order chi connectivity index (χ0) is 10.2. The first-order valence-corrected chi connectivity index (χ1v) is 4.89. The summed E-state index contributed by atoms with van der Waals surface area (Å²) in [6, 6.07) is 4.38. The van der Waals surface area contributed by atoms with Gasteiger partial charge in [0.05, 0.1) is 0 Å². The van der Waals surface area contributed by atoms with Gasteiger partial charge in [0.15, 0.2) is 0 Å². The Labute approximate surface area is 87.4 Å². The van der Waals surface area contributed by atoms with Crippen molar-refractivity contribution in [2.75, 3.05) is 0 Å². The van der Waals surface area contributed by atoms with Crippen LogP contribution in [0.15, 0.2) is 30.4 Å². The number of benzene rings is 1. The molecule has 0 amide bonds. The van der Waals surface area contributed by atoms with Crippen molar-refractivity contribution < 1.29 is 4.39 Å². The van der Waals surface area contributed by atoms with Gasteiger partial charge in [-0.3, -0.25) is 0 Å². The van der Waals surface area contributed by atoms with Gasteiger partial charge in [0.2, 0.25) is 0 Å². The lowest BCUT2D eigenvalue weighted by Gasteiger charge is -2.25. The van der Waals surface area contributed by atoms with E-state index in [-0.39, 0.29) is 5.82 Å². The Balaban J connectivity index is 2.41. The van der Waals surface area contributed by atoms with E-state index in [1.807, 2.05) is 12.2 Å². The van der Waals surface area contributed by atoms with Crippen LogP contribution in [0.3, 0.4) is 0 Å². The van der Waals surface area contributed by atoms with E-state index in [1.165, 1.54) is 12.1 Å². The molecular weight excluding hydrogens is 201 g/mol. The molecule has 1 aromatic rings. The lowest BCUT2D eigenvalue weighted by molar-refractivity contribution is 0.479. The Kier molecular flexibility index (Phi) is 2.33. The van der Waals surface area contributed by atoms with Crippen LogP contribution in [-0.2, 0) is 5.54 Å². The molecule has 1 aromatic carbocycles. The van der Waals surface area contributed by atoms with Gasteiger partial charge >= 0.3 is 0 Å². The SMILES string of the molecule is NC1(c2ccc(F)cc2Cl)CC=CC1. The summed E-state index contributed by atoms with van der Waals surface area (Å²) in [5.41, 5.74) is 6.55. The minimum Gasteiger partial charge on any atom is -0.321 e.